The lowest BCUT2D eigenvalue weighted by Crippen LogP contribution is -2.41. The molecule has 128 valence electrons. The Labute approximate surface area is 129 Å². The van der Waals surface area contributed by atoms with Crippen molar-refractivity contribution in [2.45, 2.75) is 38.2 Å². The molecule has 1 aliphatic heterocycles. The summed E-state index contributed by atoms with van der Waals surface area (Å²) in [6.07, 6.45) is 3.95. The second-order valence-corrected chi connectivity index (χ2v) is 5.27. The molecule has 0 aromatic rings. The zero-order valence-corrected chi connectivity index (χ0v) is 12.7. The third-order valence-corrected chi connectivity index (χ3v) is 3.60. The first-order chi connectivity index (χ1) is 10.6. The SMILES string of the molecule is O=C(O)NCCN1CCOCC1.O=[N+]([O-])OC1CCCCC1. The average Bonchev–Trinajstić information content (AvgIpc) is 2.49. The molecule has 0 radical (unpaired) electrons. The summed E-state index contributed by atoms with van der Waals surface area (Å²) in [6.45, 7) is 4.59. The molecule has 0 aromatic carbocycles. The van der Waals surface area contributed by atoms with Crippen molar-refractivity contribution in [2.24, 2.45) is 0 Å². The van der Waals surface area contributed by atoms with Crippen molar-refractivity contribution < 1.29 is 24.6 Å². The molecule has 2 fully saturated rings. The maximum Gasteiger partial charge on any atom is 0.404 e. The summed E-state index contributed by atoms with van der Waals surface area (Å²) in [7, 11) is 0. The highest BCUT2D eigenvalue weighted by molar-refractivity contribution is 5.64. The lowest BCUT2D eigenvalue weighted by atomic mass is 9.98. The van der Waals surface area contributed by atoms with E-state index in [0.717, 1.165) is 58.5 Å². The maximum absolute atomic E-state index is 10.1. The predicted octanol–water partition coefficient (Wildman–Crippen LogP) is 1.11. The smallest absolute Gasteiger partial charge is 0.404 e. The predicted molar refractivity (Wildman–Crippen MR) is 78.2 cm³/mol. The Bertz CT molecular complexity index is 330. The van der Waals surface area contributed by atoms with Crippen LogP contribution in [-0.4, -0.2) is 66.7 Å². The van der Waals surface area contributed by atoms with Crippen LogP contribution in [0.5, 0.6) is 0 Å². The van der Waals surface area contributed by atoms with E-state index in [4.69, 9.17) is 9.84 Å². The summed E-state index contributed by atoms with van der Waals surface area (Å²) in [4.78, 5) is 26.5. The Kier molecular flexibility index (Phi) is 9.24. The summed E-state index contributed by atoms with van der Waals surface area (Å²) in [5.41, 5.74) is 0. The number of carboxylic acid groups (broad SMARTS) is 1. The van der Waals surface area contributed by atoms with E-state index in [9.17, 15) is 14.9 Å². The first-order valence-corrected chi connectivity index (χ1v) is 7.66. The zero-order chi connectivity index (χ0) is 16.2. The van der Waals surface area contributed by atoms with Crippen molar-refractivity contribution in [3.8, 4) is 0 Å². The lowest BCUT2D eigenvalue weighted by Gasteiger charge is -2.26. The van der Waals surface area contributed by atoms with Crippen LogP contribution in [0.15, 0.2) is 0 Å². The van der Waals surface area contributed by atoms with Gasteiger partial charge in [-0.05, 0) is 12.8 Å². The summed E-state index contributed by atoms with van der Waals surface area (Å²) >= 11 is 0. The van der Waals surface area contributed by atoms with Gasteiger partial charge in [-0.15, -0.1) is 10.1 Å². The van der Waals surface area contributed by atoms with Gasteiger partial charge in [0.1, 0.15) is 6.10 Å². The first-order valence-electron chi connectivity index (χ1n) is 7.66. The van der Waals surface area contributed by atoms with E-state index in [-0.39, 0.29) is 6.10 Å². The normalized spacial score (nSPS) is 19.6. The number of hydrogen-bond donors (Lipinski definition) is 2. The van der Waals surface area contributed by atoms with Gasteiger partial charge in [0.05, 0.1) is 13.2 Å². The average molecular weight is 319 g/mol. The Balaban J connectivity index is 0.000000224. The van der Waals surface area contributed by atoms with Gasteiger partial charge in [0.25, 0.3) is 5.09 Å². The highest BCUT2D eigenvalue weighted by atomic mass is 17.0. The van der Waals surface area contributed by atoms with E-state index in [0.29, 0.717) is 6.54 Å². The molecule has 9 heteroatoms. The Morgan fingerprint density at radius 2 is 1.95 bits per heavy atom. The van der Waals surface area contributed by atoms with Crippen LogP contribution in [0.25, 0.3) is 0 Å². The quantitative estimate of drug-likeness (QED) is 0.576. The van der Waals surface area contributed by atoms with Crippen LogP contribution < -0.4 is 5.32 Å². The monoisotopic (exact) mass is 319 g/mol. The van der Waals surface area contributed by atoms with Gasteiger partial charge < -0.3 is 20.0 Å². The first kappa shape index (κ1) is 18.4. The largest absolute Gasteiger partial charge is 0.465 e. The number of ether oxygens (including phenoxy) is 1. The number of morpholine rings is 1. The van der Waals surface area contributed by atoms with E-state index in [2.05, 4.69) is 15.1 Å². The maximum atomic E-state index is 10.1. The topological polar surface area (TPSA) is 114 Å². The molecule has 2 N–H and O–H groups in total. The molecule has 1 saturated heterocycles. The van der Waals surface area contributed by atoms with Gasteiger partial charge in [0.15, 0.2) is 0 Å². The Hall–Kier alpha value is -1.61. The fourth-order valence-electron chi connectivity index (χ4n) is 2.44. The zero-order valence-electron chi connectivity index (χ0n) is 12.7. The van der Waals surface area contributed by atoms with Crippen LogP contribution in [0, 0.1) is 10.1 Å². The van der Waals surface area contributed by atoms with Crippen LogP contribution in [-0.2, 0) is 9.57 Å². The van der Waals surface area contributed by atoms with Gasteiger partial charge in [-0.1, -0.05) is 19.3 Å². The van der Waals surface area contributed by atoms with Crippen LogP contribution in [0.3, 0.4) is 0 Å². The molecule has 0 unspecified atom stereocenters. The lowest BCUT2D eigenvalue weighted by molar-refractivity contribution is -0.769. The van der Waals surface area contributed by atoms with Gasteiger partial charge in [-0.25, -0.2) is 4.79 Å². The molecule has 1 amide bonds. The summed E-state index contributed by atoms with van der Waals surface area (Å²) < 4.78 is 5.15. The molecule has 0 atom stereocenters. The van der Waals surface area contributed by atoms with Crippen molar-refractivity contribution in [1.82, 2.24) is 10.2 Å². The highest BCUT2D eigenvalue weighted by Crippen LogP contribution is 2.19. The molecule has 1 aliphatic carbocycles. The van der Waals surface area contributed by atoms with Crippen molar-refractivity contribution in [2.75, 3.05) is 39.4 Å². The minimum Gasteiger partial charge on any atom is -0.465 e. The van der Waals surface area contributed by atoms with E-state index in [1.807, 2.05) is 0 Å². The molecule has 2 aliphatic rings. The summed E-state index contributed by atoms with van der Waals surface area (Å²) in [6, 6.07) is 0. The minimum absolute atomic E-state index is 0.122. The van der Waals surface area contributed by atoms with E-state index >= 15 is 0 Å². The summed E-state index contributed by atoms with van der Waals surface area (Å²) in [5, 5.41) is 19.8. The molecule has 0 aromatic heterocycles. The summed E-state index contributed by atoms with van der Waals surface area (Å²) in [5.74, 6) is 0. The third-order valence-electron chi connectivity index (χ3n) is 3.60. The highest BCUT2D eigenvalue weighted by Gasteiger charge is 2.16. The second-order valence-electron chi connectivity index (χ2n) is 5.27. The van der Waals surface area contributed by atoms with E-state index in [1.165, 1.54) is 6.42 Å². The van der Waals surface area contributed by atoms with Crippen LogP contribution in [0.1, 0.15) is 32.1 Å². The minimum atomic E-state index is -0.955. The van der Waals surface area contributed by atoms with Crippen LogP contribution >= 0.6 is 0 Å². The molecule has 0 spiro atoms. The Morgan fingerprint density at radius 3 is 2.50 bits per heavy atom. The number of amides is 1. The molecule has 1 heterocycles. The van der Waals surface area contributed by atoms with Crippen molar-refractivity contribution in [3.63, 3.8) is 0 Å². The molecule has 22 heavy (non-hydrogen) atoms. The number of hydrogen-bond acceptors (Lipinski definition) is 6. The van der Waals surface area contributed by atoms with Crippen LogP contribution in [0.2, 0.25) is 0 Å². The molecule has 1 saturated carbocycles. The van der Waals surface area contributed by atoms with Gasteiger partial charge in [-0.3, -0.25) is 4.90 Å². The van der Waals surface area contributed by atoms with E-state index in [1.54, 1.807) is 0 Å². The molecule has 2 rings (SSSR count). The van der Waals surface area contributed by atoms with Gasteiger partial charge in [0.2, 0.25) is 0 Å². The van der Waals surface area contributed by atoms with Crippen LogP contribution in [0.4, 0.5) is 4.79 Å². The molecular formula is C13H25N3O6. The Morgan fingerprint density at radius 1 is 1.32 bits per heavy atom. The molecule has 9 nitrogen and oxygen atoms in total. The van der Waals surface area contributed by atoms with Gasteiger partial charge >= 0.3 is 6.09 Å². The van der Waals surface area contributed by atoms with Crippen molar-refractivity contribution in [1.29, 1.82) is 0 Å². The van der Waals surface area contributed by atoms with Crippen molar-refractivity contribution >= 4 is 6.09 Å². The molecular weight excluding hydrogens is 294 g/mol. The standard InChI is InChI=1S/C7H14N2O3.C6H11NO3/c10-7(11)8-1-2-9-3-5-12-6-4-9;8-7(9)10-6-4-2-1-3-5-6/h8H,1-6H2,(H,10,11);6H,1-5H2. The van der Waals surface area contributed by atoms with Gasteiger partial charge in [-0.2, -0.15) is 0 Å². The number of rotatable bonds is 5. The van der Waals surface area contributed by atoms with E-state index < -0.39 is 11.2 Å². The second kappa shape index (κ2) is 11.0. The molecule has 0 bridgehead atoms. The van der Waals surface area contributed by atoms with Crippen molar-refractivity contribution in [3.05, 3.63) is 10.1 Å². The fraction of sp³-hybridized carbons (Fsp3) is 0.923. The third kappa shape index (κ3) is 9.35. The van der Waals surface area contributed by atoms with Gasteiger partial charge in [0, 0.05) is 26.2 Å². The number of carbonyl (C=O) groups is 1. The number of nitrogens with zero attached hydrogens (tertiary/aromatic N) is 2. The fourth-order valence-corrected chi connectivity index (χ4v) is 2.44. The number of nitrogens with one attached hydrogen (secondary N) is 1.